The second-order valence-corrected chi connectivity index (χ2v) is 6.10. The van der Waals surface area contributed by atoms with Crippen LogP contribution in [-0.2, 0) is 0 Å². The van der Waals surface area contributed by atoms with Crippen molar-refractivity contribution in [1.82, 2.24) is 15.1 Å². The second-order valence-electron chi connectivity index (χ2n) is 6.10. The Labute approximate surface area is 133 Å². The van der Waals surface area contributed by atoms with Crippen molar-refractivity contribution in [2.24, 2.45) is 0 Å². The van der Waals surface area contributed by atoms with E-state index in [4.69, 9.17) is 0 Å². The molecule has 1 N–H and O–H groups in total. The highest BCUT2D eigenvalue weighted by Crippen LogP contribution is 2.38. The normalized spacial score (nSPS) is 20.0. The molecule has 1 aromatic heterocycles. The third-order valence-corrected chi connectivity index (χ3v) is 4.45. The minimum absolute atomic E-state index is 0.00528. The lowest BCUT2D eigenvalue weighted by Gasteiger charge is -2.41. The first-order valence-electron chi connectivity index (χ1n) is 7.87. The first kappa shape index (κ1) is 14.1. The number of carbonyl (C=O) groups excluding carboxylic acids is 1. The monoisotopic (exact) mass is 312 g/mol. The van der Waals surface area contributed by atoms with E-state index >= 15 is 0 Å². The van der Waals surface area contributed by atoms with Crippen LogP contribution in [-0.4, -0.2) is 27.7 Å². The Morgan fingerprint density at radius 1 is 1.09 bits per heavy atom. The molecule has 4 rings (SSSR count). The van der Waals surface area contributed by atoms with Gasteiger partial charge in [-0.1, -0.05) is 12.1 Å². The van der Waals surface area contributed by atoms with Crippen LogP contribution < -0.4 is 5.32 Å². The molecule has 1 aromatic carbocycles. The van der Waals surface area contributed by atoms with Gasteiger partial charge in [-0.3, -0.25) is 5.32 Å². The number of nitrogens with zero attached hydrogens (tertiary/aromatic N) is 3. The van der Waals surface area contributed by atoms with E-state index in [1.165, 1.54) is 25.0 Å². The van der Waals surface area contributed by atoms with Gasteiger partial charge in [-0.25, -0.2) is 9.18 Å². The Morgan fingerprint density at radius 2 is 1.87 bits per heavy atom. The topological polar surface area (TPSA) is 58.1 Å². The van der Waals surface area contributed by atoms with Crippen molar-refractivity contribution in [3.05, 3.63) is 53.5 Å². The van der Waals surface area contributed by atoms with E-state index in [9.17, 15) is 9.18 Å². The molecule has 2 heterocycles. The number of aromatic nitrogens is 2. The fourth-order valence-corrected chi connectivity index (χ4v) is 2.85. The van der Waals surface area contributed by atoms with Gasteiger partial charge in [0.25, 0.3) is 0 Å². The number of hydrogen-bond donors (Lipinski definition) is 1. The molecule has 1 aliphatic heterocycles. The van der Waals surface area contributed by atoms with E-state index in [-0.39, 0.29) is 17.9 Å². The molecule has 6 heteroatoms. The summed E-state index contributed by atoms with van der Waals surface area (Å²) in [4.78, 5) is 14.1. The fraction of sp³-hybridized carbons (Fsp3) is 0.353. The van der Waals surface area contributed by atoms with E-state index in [1.807, 2.05) is 6.07 Å². The van der Waals surface area contributed by atoms with Crippen LogP contribution in [0.3, 0.4) is 0 Å². The Kier molecular flexibility index (Phi) is 3.44. The number of carbonyl (C=O) groups is 1. The average molecular weight is 312 g/mol. The van der Waals surface area contributed by atoms with E-state index in [1.54, 1.807) is 23.1 Å². The Morgan fingerprint density at radius 3 is 2.43 bits per heavy atom. The number of nitrogens with one attached hydrogen (secondary N) is 1. The molecule has 2 aliphatic rings. The van der Waals surface area contributed by atoms with Crippen molar-refractivity contribution in [2.45, 2.75) is 31.2 Å². The van der Waals surface area contributed by atoms with Crippen molar-refractivity contribution in [1.29, 1.82) is 0 Å². The maximum Gasteiger partial charge on any atom is 0.323 e. The van der Waals surface area contributed by atoms with E-state index in [0.29, 0.717) is 18.3 Å². The summed E-state index contributed by atoms with van der Waals surface area (Å²) in [6, 6.07) is 9.82. The van der Waals surface area contributed by atoms with Crippen LogP contribution in [0.15, 0.2) is 36.4 Å². The summed E-state index contributed by atoms with van der Waals surface area (Å²) < 4.78 is 13.0. The van der Waals surface area contributed by atoms with Gasteiger partial charge in [0.05, 0.1) is 11.7 Å². The number of rotatable bonds is 3. The smallest absolute Gasteiger partial charge is 0.317 e. The summed E-state index contributed by atoms with van der Waals surface area (Å²) in [6.45, 7) is 0.682. The third kappa shape index (κ3) is 2.88. The number of likely N-dealkylation sites (tertiary alicyclic amines) is 1. The Bertz CT molecular complexity index is 712. The number of amides is 2. The third-order valence-electron chi connectivity index (χ3n) is 4.45. The SMILES string of the molecule is O=C(Nc1ccc(C2CC2)nn1)N1CCC1c1ccc(F)cc1. The van der Waals surface area contributed by atoms with Gasteiger partial charge < -0.3 is 4.90 Å². The van der Waals surface area contributed by atoms with Crippen LogP contribution >= 0.6 is 0 Å². The summed E-state index contributed by atoms with van der Waals surface area (Å²) in [5.74, 6) is 0.741. The maximum atomic E-state index is 13.0. The zero-order valence-corrected chi connectivity index (χ0v) is 12.6. The zero-order valence-electron chi connectivity index (χ0n) is 12.6. The molecule has 0 spiro atoms. The molecule has 2 fully saturated rings. The molecule has 2 aromatic rings. The van der Waals surface area contributed by atoms with Gasteiger partial charge in [0.1, 0.15) is 5.82 Å². The van der Waals surface area contributed by atoms with Gasteiger partial charge >= 0.3 is 6.03 Å². The molecule has 1 atom stereocenters. The molecule has 0 bridgehead atoms. The second kappa shape index (κ2) is 5.61. The van der Waals surface area contributed by atoms with E-state index < -0.39 is 0 Å². The summed E-state index contributed by atoms with van der Waals surface area (Å²) in [5, 5.41) is 11.0. The van der Waals surface area contributed by atoms with Gasteiger partial charge in [-0.15, -0.1) is 5.10 Å². The van der Waals surface area contributed by atoms with Crippen molar-refractivity contribution >= 4 is 11.8 Å². The Hall–Kier alpha value is -2.50. The number of urea groups is 1. The molecular formula is C17H17FN4O. The molecule has 1 unspecified atom stereocenters. The summed E-state index contributed by atoms with van der Waals surface area (Å²) in [6.07, 6.45) is 3.23. The lowest BCUT2D eigenvalue weighted by molar-refractivity contribution is 0.126. The first-order valence-corrected chi connectivity index (χ1v) is 7.87. The maximum absolute atomic E-state index is 13.0. The molecule has 23 heavy (non-hydrogen) atoms. The average Bonchev–Trinajstić information content (AvgIpc) is 3.34. The van der Waals surface area contributed by atoms with E-state index in [2.05, 4.69) is 15.5 Å². The fourth-order valence-electron chi connectivity index (χ4n) is 2.85. The highest BCUT2D eigenvalue weighted by molar-refractivity contribution is 5.89. The van der Waals surface area contributed by atoms with Gasteiger partial charge in [-0.05, 0) is 49.1 Å². The summed E-state index contributed by atoms with van der Waals surface area (Å²) >= 11 is 0. The lowest BCUT2D eigenvalue weighted by Crippen LogP contribution is -2.47. The molecule has 1 saturated heterocycles. The highest BCUT2D eigenvalue weighted by Gasteiger charge is 2.33. The standard InChI is InChI=1S/C17H17FN4O/c18-13-5-3-12(4-6-13)15-9-10-22(15)17(23)19-16-8-7-14(20-21-16)11-1-2-11/h3-8,11,15H,1-2,9-10H2,(H,19,21,23). The van der Waals surface area contributed by atoms with Crippen molar-refractivity contribution in [3.8, 4) is 0 Å². The molecule has 118 valence electrons. The Balaban J connectivity index is 1.41. The molecule has 5 nitrogen and oxygen atoms in total. The van der Waals surface area contributed by atoms with Gasteiger partial charge in [-0.2, -0.15) is 5.10 Å². The lowest BCUT2D eigenvalue weighted by atomic mass is 9.95. The van der Waals surface area contributed by atoms with Crippen LogP contribution in [0.4, 0.5) is 15.0 Å². The quantitative estimate of drug-likeness (QED) is 0.944. The van der Waals surface area contributed by atoms with Crippen LogP contribution in [0.2, 0.25) is 0 Å². The molecule has 1 aliphatic carbocycles. The molecule has 2 amide bonds. The van der Waals surface area contributed by atoms with Crippen LogP contribution in [0.1, 0.15) is 42.5 Å². The number of benzene rings is 1. The zero-order chi connectivity index (χ0) is 15.8. The predicted molar refractivity (Wildman–Crippen MR) is 83.5 cm³/mol. The minimum atomic E-state index is -0.268. The van der Waals surface area contributed by atoms with Crippen LogP contribution in [0.25, 0.3) is 0 Å². The largest absolute Gasteiger partial charge is 0.323 e. The van der Waals surface area contributed by atoms with Crippen LogP contribution in [0, 0.1) is 5.82 Å². The van der Waals surface area contributed by atoms with Gasteiger partial charge in [0.15, 0.2) is 5.82 Å². The van der Waals surface area contributed by atoms with Gasteiger partial charge in [0.2, 0.25) is 0 Å². The van der Waals surface area contributed by atoms with Crippen LogP contribution in [0.5, 0.6) is 0 Å². The highest BCUT2D eigenvalue weighted by atomic mass is 19.1. The van der Waals surface area contributed by atoms with E-state index in [0.717, 1.165) is 17.7 Å². The number of halogens is 1. The molecular weight excluding hydrogens is 295 g/mol. The number of hydrogen-bond acceptors (Lipinski definition) is 3. The molecule has 1 saturated carbocycles. The first-order chi connectivity index (χ1) is 11.2. The summed E-state index contributed by atoms with van der Waals surface area (Å²) in [5.41, 5.74) is 1.94. The van der Waals surface area contributed by atoms with Crippen molar-refractivity contribution < 1.29 is 9.18 Å². The van der Waals surface area contributed by atoms with Crippen molar-refractivity contribution in [2.75, 3.05) is 11.9 Å². The number of anilines is 1. The predicted octanol–water partition coefficient (Wildman–Crippen LogP) is 3.47. The molecule has 0 radical (unpaired) electrons. The summed E-state index contributed by atoms with van der Waals surface area (Å²) in [7, 11) is 0. The van der Waals surface area contributed by atoms with Crippen molar-refractivity contribution in [3.63, 3.8) is 0 Å². The minimum Gasteiger partial charge on any atom is -0.317 e. The van der Waals surface area contributed by atoms with Gasteiger partial charge in [0, 0.05) is 12.5 Å².